The van der Waals surface area contributed by atoms with Gasteiger partial charge in [0, 0.05) is 48.6 Å². The number of anilines is 2. The third-order valence-corrected chi connectivity index (χ3v) is 6.33. The zero-order valence-electron chi connectivity index (χ0n) is 18.8. The Bertz CT molecular complexity index is 1370. The number of primary amides is 1. The Balaban J connectivity index is 1.63. The van der Waals surface area contributed by atoms with E-state index in [1.165, 1.54) is 6.07 Å². The minimum atomic E-state index is -0.638. The SMILES string of the molecule is NC(=O)C1CCN(c2ccc([N+](=O)[O-])cc2[C@H](Nc2ccccn2)n2nnc3ccccc32)CC1. The Labute approximate surface area is 200 Å². The fourth-order valence-electron chi connectivity index (χ4n) is 4.50. The van der Waals surface area contributed by atoms with Gasteiger partial charge < -0.3 is 16.0 Å². The molecule has 2 aromatic heterocycles. The fraction of sp³-hybridized carbons (Fsp3) is 0.250. The molecule has 0 radical (unpaired) electrons. The predicted octanol–water partition coefficient (Wildman–Crippen LogP) is 3.10. The number of nitro groups is 1. The van der Waals surface area contributed by atoms with Gasteiger partial charge in [0.1, 0.15) is 11.3 Å². The van der Waals surface area contributed by atoms with E-state index in [1.807, 2.05) is 42.5 Å². The molecule has 3 heterocycles. The molecule has 0 saturated carbocycles. The van der Waals surface area contributed by atoms with E-state index in [1.54, 1.807) is 23.0 Å². The summed E-state index contributed by atoms with van der Waals surface area (Å²) < 4.78 is 1.71. The summed E-state index contributed by atoms with van der Waals surface area (Å²) in [7, 11) is 0. The van der Waals surface area contributed by atoms with Gasteiger partial charge in [-0.1, -0.05) is 23.4 Å². The lowest BCUT2D eigenvalue weighted by Crippen LogP contribution is -2.39. The van der Waals surface area contributed by atoms with Crippen LogP contribution in [0.4, 0.5) is 17.2 Å². The number of fused-ring (bicyclic) bond motifs is 1. The third kappa shape index (κ3) is 4.47. The van der Waals surface area contributed by atoms with Crippen molar-refractivity contribution in [2.45, 2.75) is 19.0 Å². The van der Waals surface area contributed by atoms with Crippen molar-refractivity contribution < 1.29 is 9.72 Å². The number of hydrogen-bond acceptors (Lipinski definition) is 8. The number of aromatic nitrogens is 4. The van der Waals surface area contributed by atoms with Crippen LogP contribution in [0.3, 0.4) is 0 Å². The number of nitrogens with two attached hydrogens (primary N) is 1. The lowest BCUT2D eigenvalue weighted by atomic mass is 9.95. The summed E-state index contributed by atoms with van der Waals surface area (Å²) in [4.78, 5) is 29.5. The molecule has 1 aliphatic heterocycles. The molecule has 1 fully saturated rings. The number of piperidine rings is 1. The number of non-ortho nitro benzene ring substituents is 1. The van der Waals surface area contributed by atoms with Gasteiger partial charge in [-0.25, -0.2) is 9.67 Å². The molecule has 0 spiro atoms. The van der Waals surface area contributed by atoms with E-state index in [0.717, 1.165) is 11.2 Å². The van der Waals surface area contributed by atoms with Crippen molar-refractivity contribution in [3.05, 3.63) is 82.5 Å². The standard InChI is InChI=1S/C24H24N8O3/c25-23(33)16-10-13-30(14-11-16)20-9-8-17(32(34)35)15-18(20)24(27-22-7-3-4-12-26-22)31-21-6-2-1-5-19(21)28-29-31/h1-9,12,15-16,24H,10-11,13-14H2,(H2,25,33)(H,26,27)/t24-/m1/s1. The Morgan fingerprint density at radius 2 is 1.89 bits per heavy atom. The minimum Gasteiger partial charge on any atom is -0.371 e. The summed E-state index contributed by atoms with van der Waals surface area (Å²) in [6, 6.07) is 17.8. The normalized spacial score (nSPS) is 15.1. The molecule has 2 aromatic carbocycles. The highest BCUT2D eigenvalue weighted by atomic mass is 16.6. The van der Waals surface area contributed by atoms with Crippen LogP contribution in [-0.2, 0) is 4.79 Å². The van der Waals surface area contributed by atoms with E-state index < -0.39 is 11.1 Å². The van der Waals surface area contributed by atoms with Crippen LogP contribution in [0.5, 0.6) is 0 Å². The molecule has 35 heavy (non-hydrogen) atoms. The van der Waals surface area contributed by atoms with Crippen LogP contribution in [0.25, 0.3) is 11.0 Å². The number of para-hydroxylation sites is 1. The average Bonchev–Trinajstić information content (AvgIpc) is 3.31. The molecular weight excluding hydrogens is 448 g/mol. The molecule has 1 aliphatic rings. The van der Waals surface area contributed by atoms with Gasteiger partial charge in [0.2, 0.25) is 5.91 Å². The van der Waals surface area contributed by atoms with E-state index in [4.69, 9.17) is 5.73 Å². The van der Waals surface area contributed by atoms with Crippen molar-refractivity contribution in [2.24, 2.45) is 11.7 Å². The molecule has 0 bridgehead atoms. The first-order chi connectivity index (χ1) is 17.0. The summed E-state index contributed by atoms with van der Waals surface area (Å²) in [5.74, 6) is 0.119. The van der Waals surface area contributed by atoms with E-state index in [2.05, 4.69) is 25.5 Å². The Kier molecular flexibility index (Phi) is 5.96. The van der Waals surface area contributed by atoms with Crippen molar-refractivity contribution in [1.29, 1.82) is 0 Å². The van der Waals surface area contributed by atoms with Gasteiger partial charge in [-0.3, -0.25) is 14.9 Å². The maximum atomic E-state index is 11.7. The molecule has 178 valence electrons. The lowest BCUT2D eigenvalue weighted by Gasteiger charge is -2.35. The third-order valence-electron chi connectivity index (χ3n) is 6.33. The Morgan fingerprint density at radius 1 is 1.11 bits per heavy atom. The van der Waals surface area contributed by atoms with Crippen molar-refractivity contribution in [1.82, 2.24) is 20.0 Å². The minimum absolute atomic E-state index is 0.0342. The Hall–Kier alpha value is -4.54. The second kappa shape index (κ2) is 9.37. The molecule has 0 aliphatic carbocycles. The van der Waals surface area contributed by atoms with Gasteiger partial charge in [0.25, 0.3) is 5.69 Å². The van der Waals surface area contributed by atoms with Gasteiger partial charge in [-0.15, -0.1) is 5.10 Å². The van der Waals surface area contributed by atoms with Crippen LogP contribution in [0, 0.1) is 16.0 Å². The number of nitro benzene ring substituents is 1. The number of carbonyl (C=O) groups excluding carboxylic acids is 1. The molecule has 11 nitrogen and oxygen atoms in total. The first kappa shape index (κ1) is 22.3. The first-order valence-corrected chi connectivity index (χ1v) is 11.3. The molecule has 0 unspecified atom stereocenters. The molecule has 3 N–H and O–H groups in total. The first-order valence-electron chi connectivity index (χ1n) is 11.3. The number of hydrogen-bond donors (Lipinski definition) is 2. The monoisotopic (exact) mass is 472 g/mol. The molecule has 11 heteroatoms. The van der Waals surface area contributed by atoms with Crippen molar-refractivity contribution in [3.63, 3.8) is 0 Å². The lowest BCUT2D eigenvalue weighted by molar-refractivity contribution is -0.384. The molecule has 4 aromatic rings. The van der Waals surface area contributed by atoms with Crippen LogP contribution in [-0.4, -0.2) is 43.9 Å². The second-order valence-electron chi connectivity index (χ2n) is 8.45. The number of benzene rings is 2. The number of nitrogens with zero attached hydrogens (tertiary/aromatic N) is 6. The molecule has 5 rings (SSSR count). The number of amides is 1. The second-order valence-corrected chi connectivity index (χ2v) is 8.45. The number of rotatable bonds is 7. The van der Waals surface area contributed by atoms with Crippen LogP contribution in [0.1, 0.15) is 24.6 Å². The maximum absolute atomic E-state index is 11.7. The molecule has 1 amide bonds. The van der Waals surface area contributed by atoms with E-state index in [9.17, 15) is 14.9 Å². The van der Waals surface area contributed by atoms with Gasteiger partial charge in [0.15, 0.2) is 6.17 Å². The zero-order chi connectivity index (χ0) is 24.4. The van der Waals surface area contributed by atoms with Gasteiger partial charge >= 0.3 is 0 Å². The summed E-state index contributed by atoms with van der Waals surface area (Å²) in [6.45, 7) is 1.21. The van der Waals surface area contributed by atoms with Gasteiger partial charge in [-0.2, -0.15) is 0 Å². The van der Waals surface area contributed by atoms with Crippen LogP contribution in [0.2, 0.25) is 0 Å². The number of carbonyl (C=O) groups is 1. The summed E-state index contributed by atoms with van der Waals surface area (Å²) in [6.07, 6.45) is 2.27. The molecule has 1 saturated heterocycles. The van der Waals surface area contributed by atoms with Crippen LogP contribution >= 0.6 is 0 Å². The quantitative estimate of drug-likeness (QED) is 0.308. The number of pyridine rings is 1. The molecule has 1 atom stereocenters. The van der Waals surface area contributed by atoms with Crippen LogP contribution < -0.4 is 16.0 Å². The maximum Gasteiger partial charge on any atom is 0.270 e. The highest BCUT2D eigenvalue weighted by molar-refractivity contribution is 5.77. The number of nitrogens with one attached hydrogen (secondary N) is 1. The average molecular weight is 473 g/mol. The topological polar surface area (TPSA) is 145 Å². The van der Waals surface area contributed by atoms with E-state index in [0.29, 0.717) is 42.8 Å². The van der Waals surface area contributed by atoms with Crippen molar-refractivity contribution in [3.8, 4) is 0 Å². The highest BCUT2D eigenvalue weighted by Gasteiger charge is 2.29. The zero-order valence-corrected chi connectivity index (χ0v) is 18.8. The smallest absolute Gasteiger partial charge is 0.270 e. The molecular formula is C24H24N8O3. The van der Waals surface area contributed by atoms with Crippen LogP contribution in [0.15, 0.2) is 66.9 Å². The van der Waals surface area contributed by atoms with Gasteiger partial charge in [0.05, 0.1) is 10.4 Å². The van der Waals surface area contributed by atoms with E-state index in [-0.39, 0.29) is 17.5 Å². The van der Waals surface area contributed by atoms with Gasteiger partial charge in [-0.05, 0) is 43.2 Å². The summed E-state index contributed by atoms with van der Waals surface area (Å²) in [5, 5.41) is 23.8. The summed E-state index contributed by atoms with van der Waals surface area (Å²) >= 11 is 0. The highest BCUT2D eigenvalue weighted by Crippen LogP contribution is 2.36. The van der Waals surface area contributed by atoms with Crippen molar-refractivity contribution >= 4 is 34.1 Å². The summed E-state index contributed by atoms with van der Waals surface area (Å²) in [5.41, 5.74) is 8.42. The van der Waals surface area contributed by atoms with E-state index >= 15 is 0 Å². The largest absolute Gasteiger partial charge is 0.371 e. The Morgan fingerprint density at radius 3 is 2.60 bits per heavy atom. The fourth-order valence-corrected chi connectivity index (χ4v) is 4.50. The predicted molar refractivity (Wildman–Crippen MR) is 131 cm³/mol. The van der Waals surface area contributed by atoms with Crippen molar-refractivity contribution in [2.75, 3.05) is 23.3 Å².